The van der Waals surface area contributed by atoms with Crippen molar-refractivity contribution in [1.82, 2.24) is 0 Å². The predicted octanol–water partition coefficient (Wildman–Crippen LogP) is 1.75. The normalized spacial score (nSPS) is 9.93. The third-order valence-corrected chi connectivity index (χ3v) is 1.86. The number of carboxylic acid groups (broad SMARTS) is 1. The number of nitro groups is 1. The van der Waals surface area contributed by atoms with E-state index in [1.165, 1.54) is 6.07 Å². The number of benzene rings is 1. The van der Waals surface area contributed by atoms with Gasteiger partial charge in [-0.2, -0.15) is 0 Å². The zero-order chi connectivity index (χ0) is 11.4. The second-order valence-electron chi connectivity index (χ2n) is 2.93. The molecule has 15 heavy (non-hydrogen) atoms. The number of aryl methyl sites for hydroxylation is 1. The molecule has 0 unspecified atom stereocenters. The molecular formula is C9H8FNO4. The van der Waals surface area contributed by atoms with Gasteiger partial charge < -0.3 is 5.11 Å². The predicted molar refractivity (Wildman–Crippen MR) is 49.0 cm³/mol. The highest BCUT2D eigenvalue weighted by Crippen LogP contribution is 2.17. The number of halogens is 1. The van der Waals surface area contributed by atoms with Crippen molar-refractivity contribution in [3.8, 4) is 0 Å². The van der Waals surface area contributed by atoms with Gasteiger partial charge in [-0.25, -0.2) is 4.39 Å². The molecule has 0 bridgehead atoms. The number of carboxylic acids is 1. The summed E-state index contributed by atoms with van der Waals surface area (Å²) in [5.74, 6) is -1.78. The standard InChI is InChI=1S/C9H8FNO4/c10-8-5-7(11(14)15)3-1-6(8)2-4-9(12)13/h1,3,5H,2,4H2,(H,12,13). The summed E-state index contributed by atoms with van der Waals surface area (Å²) in [5, 5.41) is 18.7. The lowest BCUT2D eigenvalue weighted by Crippen LogP contribution is -2.00. The quantitative estimate of drug-likeness (QED) is 0.610. The average molecular weight is 213 g/mol. The van der Waals surface area contributed by atoms with E-state index < -0.39 is 16.7 Å². The van der Waals surface area contributed by atoms with Crippen molar-refractivity contribution in [3.05, 3.63) is 39.7 Å². The van der Waals surface area contributed by atoms with Crippen molar-refractivity contribution < 1.29 is 19.2 Å². The maximum Gasteiger partial charge on any atom is 0.303 e. The number of rotatable bonds is 4. The molecule has 0 atom stereocenters. The highest BCUT2D eigenvalue weighted by atomic mass is 19.1. The molecule has 0 saturated carbocycles. The van der Waals surface area contributed by atoms with Crippen molar-refractivity contribution in [1.29, 1.82) is 0 Å². The van der Waals surface area contributed by atoms with Crippen LogP contribution in [0.4, 0.5) is 10.1 Å². The first-order chi connectivity index (χ1) is 7.00. The minimum Gasteiger partial charge on any atom is -0.481 e. The van der Waals surface area contributed by atoms with Crippen molar-refractivity contribution in [2.45, 2.75) is 12.8 Å². The monoisotopic (exact) mass is 213 g/mol. The molecule has 5 nitrogen and oxygen atoms in total. The van der Waals surface area contributed by atoms with E-state index in [0.29, 0.717) is 0 Å². The summed E-state index contributed by atoms with van der Waals surface area (Å²) >= 11 is 0. The molecule has 1 aromatic carbocycles. The third kappa shape index (κ3) is 3.01. The Morgan fingerprint density at radius 3 is 2.67 bits per heavy atom. The van der Waals surface area contributed by atoms with Gasteiger partial charge >= 0.3 is 5.97 Å². The SMILES string of the molecule is O=C(O)CCc1ccc([N+](=O)[O-])cc1F. The fourth-order valence-electron chi connectivity index (χ4n) is 1.09. The minimum atomic E-state index is -1.03. The molecule has 1 aromatic rings. The first-order valence-corrected chi connectivity index (χ1v) is 4.15. The van der Waals surface area contributed by atoms with Crippen molar-refractivity contribution in [2.24, 2.45) is 0 Å². The molecule has 0 radical (unpaired) electrons. The van der Waals surface area contributed by atoms with Crippen LogP contribution in [0.25, 0.3) is 0 Å². The molecule has 0 fully saturated rings. The van der Waals surface area contributed by atoms with Gasteiger partial charge in [-0.05, 0) is 18.1 Å². The first-order valence-electron chi connectivity index (χ1n) is 4.15. The zero-order valence-corrected chi connectivity index (χ0v) is 7.64. The summed E-state index contributed by atoms with van der Waals surface area (Å²) in [7, 11) is 0. The zero-order valence-electron chi connectivity index (χ0n) is 7.64. The van der Waals surface area contributed by atoms with Crippen LogP contribution in [0.5, 0.6) is 0 Å². The van der Waals surface area contributed by atoms with E-state index in [0.717, 1.165) is 12.1 Å². The van der Waals surface area contributed by atoms with E-state index in [2.05, 4.69) is 0 Å². The Labute approximate surface area is 84.3 Å². The Kier molecular flexibility index (Phi) is 3.33. The van der Waals surface area contributed by atoms with Crippen LogP contribution in [0.1, 0.15) is 12.0 Å². The summed E-state index contributed by atoms with van der Waals surface area (Å²) < 4.78 is 13.2. The number of hydrogen-bond donors (Lipinski definition) is 1. The van der Waals surface area contributed by atoms with E-state index in [4.69, 9.17) is 5.11 Å². The van der Waals surface area contributed by atoms with Crippen LogP contribution in [0, 0.1) is 15.9 Å². The van der Waals surface area contributed by atoms with Gasteiger partial charge in [0.15, 0.2) is 0 Å². The Hall–Kier alpha value is -1.98. The molecule has 0 spiro atoms. The van der Waals surface area contributed by atoms with Crippen LogP contribution in [0.3, 0.4) is 0 Å². The van der Waals surface area contributed by atoms with Gasteiger partial charge in [0, 0.05) is 12.5 Å². The van der Waals surface area contributed by atoms with Crippen LogP contribution < -0.4 is 0 Å². The Morgan fingerprint density at radius 2 is 2.20 bits per heavy atom. The third-order valence-electron chi connectivity index (χ3n) is 1.86. The van der Waals surface area contributed by atoms with Crippen LogP contribution in [0.15, 0.2) is 18.2 Å². The van der Waals surface area contributed by atoms with E-state index in [1.54, 1.807) is 0 Å². The maximum absolute atomic E-state index is 13.2. The topological polar surface area (TPSA) is 80.4 Å². The van der Waals surface area contributed by atoms with Gasteiger partial charge in [-0.3, -0.25) is 14.9 Å². The molecule has 1 rings (SSSR count). The van der Waals surface area contributed by atoms with Gasteiger partial charge in [0.2, 0.25) is 0 Å². The molecular weight excluding hydrogens is 205 g/mol. The average Bonchev–Trinajstić information content (AvgIpc) is 2.15. The van der Waals surface area contributed by atoms with Gasteiger partial charge in [-0.1, -0.05) is 0 Å². The first kappa shape index (κ1) is 11.1. The molecule has 0 aliphatic carbocycles. The van der Waals surface area contributed by atoms with Crippen molar-refractivity contribution in [3.63, 3.8) is 0 Å². The van der Waals surface area contributed by atoms with E-state index in [-0.39, 0.29) is 24.1 Å². The Balaban J connectivity index is 2.83. The van der Waals surface area contributed by atoms with Crippen LogP contribution in [-0.2, 0) is 11.2 Å². The number of hydrogen-bond acceptors (Lipinski definition) is 3. The summed E-state index contributed by atoms with van der Waals surface area (Å²) in [6.07, 6.45) is -0.173. The largest absolute Gasteiger partial charge is 0.481 e. The summed E-state index contributed by atoms with van der Waals surface area (Å²) in [4.78, 5) is 19.8. The van der Waals surface area contributed by atoms with Crippen molar-refractivity contribution in [2.75, 3.05) is 0 Å². The van der Waals surface area contributed by atoms with Gasteiger partial charge in [0.25, 0.3) is 5.69 Å². The molecule has 0 heterocycles. The van der Waals surface area contributed by atoms with Gasteiger partial charge in [0.05, 0.1) is 11.0 Å². The lowest BCUT2D eigenvalue weighted by Gasteiger charge is -2.00. The molecule has 0 saturated heterocycles. The van der Waals surface area contributed by atoms with Crippen LogP contribution in [-0.4, -0.2) is 16.0 Å². The molecule has 0 aliphatic heterocycles. The number of nitrogens with zero attached hydrogens (tertiary/aromatic N) is 1. The second kappa shape index (κ2) is 4.50. The summed E-state index contributed by atoms with van der Waals surface area (Å²) in [6.45, 7) is 0. The fourth-order valence-corrected chi connectivity index (χ4v) is 1.09. The number of non-ortho nitro benzene ring substituents is 1. The lowest BCUT2D eigenvalue weighted by atomic mass is 10.1. The summed E-state index contributed by atoms with van der Waals surface area (Å²) in [5.41, 5.74) is -0.172. The molecule has 0 amide bonds. The number of aliphatic carboxylic acids is 1. The van der Waals surface area contributed by atoms with E-state index >= 15 is 0 Å². The summed E-state index contributed by atoms with van der Waals surface area (Å²) in [6, 6.07) is 3.17. The fraction of sp³-hybridized carbons (Fsp3) is 0.222. The van der Waals surface area contributed by atoms with E-state index in [9.17, 15) is 19.3 Å². The molecule has 80 valence electrons. The highest BCUT2D eigenvalue weighted by molar-refractivity contribution is 5.67. The van der Waals surface area contributed by atoms with Crippen LogP contribution in [0.2, 0.25) is 0 Å². The van der Waals surface area contributed by atoms with Crippen LogP contribution >= 0.6 is 0 Å². The number of nitro benzene ring substituents is 1. The van der Waals surface area contributed by atoms with Gasteiger partial charge in [0.1, 0.15) is 5.82 Å². The minimum absolute atomic E-state index is 0.0269. The second-order valence-corrected chi connectivity index (χ2v) is 2.93. The lowest BCUT2D eigenvalue weighted by molar-refractivity contribution is -0.385. The molecule has 1 N–H and O–H groups in total. The molecule has 0 aliphatic rings. The number of carbonyl (C=O) groups is 1. The van der Waals surface area contributed by atoms with Gasteiger partial charge in [-0.15, -0.1) is 0 Å². The Bertz CT molecular complexity index is 405. The highest BCUT2D eigenvalue weighted by Gasteiger charge is 2.11. The Morgan fingerprint density at radius 1 is 1.53 bits per heavy atom. The molecule has 6 heteroatoms. The smallest absolute Gasteiger partial charge is 0.303 e. The van der Waals surface area contributed by atoms with E-state index in [1.807, 2.05) is 0 Å². The molecule has 0 aromatic heterocycles. The van der Waals surface area contributed by atoms with Crippen molar-refractivity contribution >= 4 is 11.7 Å². The maximum atomic E-state index is 13.2.